The molecule has 3 rings (SSSR count). The second kappa shape index (κ2) is 12.2. The largest absolute Gasteiger partial charge is 0.396 e. The van der Waals surface area contributed by atoms with Crippen LogP contribution < -0.4 is 10.6 Å². The number of nitro benzene ring substituents is 1. The molecule has 1 fully saturated rings. The van der Waals surface area contributed by atoms with Gasteiger partial charge in [0.15, 0.2) is 8.46 Å². The summed E-state index contributed by atoms with van der Waals surface area (Å²) in [6, 6.07) is 14.8. The zero-order chi connectivity index (χ0) is 22.1. The minimum atomic E-state index is -0.432. The van der Waals surface area contributed by atoms with Gasteiger partial charge in [0, 0.05) is 41.2 Å². The normalized spacial score (nSPS) is 16.3. The van der Waals surface area contributed by atoms with Crippen molar-refractivity contribution in [2.45, 2.75) is 30.2 Å². The molecule has 31 heavy (non-hydrogen) atoms. The number of hydrogen-bond acceptors (Lipinski definition) is 7. The Morgan fingerprint density at radius 1 is 1.23 bits per heavy atom. The van der Waals surface area contributed by atoms with E-state index in [0.29, 0.717) is 16.9 Å². The van der Waals surface area contributed by atoms with Crippen LogP contribution in [0.25, 0.3) is 0 Å². The van der Waals surface area contributed by atoms with Crippen molar-refractivity contribution in [3.8, 4) is 0 Å². The van der Waals surface area contributed by atoms with Gasteiger partial charge in [-0.25, -0.2) is 0 Å². The van der Waals surface area contributed by atoms with E-state index in [1.807, 2.05) is 18.2 Å². The first-order valence-corrected chi connectivity index (χ1v) is 12.3. The second-order valence-corrected chi connectivity index (χ2v) is 9.56. The van der Waals surface area contributed by atoms with Crippen LogP contribution in [0.2, 0.25) is 0 Å². The summed E-state index contributed by atoms with van der Waals surface area (Å²) in [5.41, 5.74) is 0.398. The molecule has 0 saturated carbocycles. The molecule has 0 aliphatic carbocycles. The molecular weight excluding hydrogens is 433 g/mol. The topological polar surface area (TPSA) is 95.7 Å². The zero-order valence-corrected chi connectivity index (χ0v) is 19.1. The van der Waals surface area contributed by atoms with Crippen LogP contribution in [0.1, 0.15) is 19.3 Å². The van der Waals surface area contributed by atoms with Crippen LogP contribution >= 0.6 is 20.2 Å². The van der Waals surface area contributed by atoms with E-state index in [4.69, 9.17) is 0 Å². The molecule has 1 atom stereocenters. The van der Waals surface area contributed by atoms with Crippen LogP contribution in [0.4, 0.5) is 11.4 Å². The average Bonchev–Trinajstić information content (AvgIpc) is 2.81. The molecule has 166 valence electrons. The summed E-state index contributed by atoms with van der Waals surface area (Å²) in [6.07, 6.45) is 2.87. The lowest BCUT2D eigenvalue weighted by Crippen LogP contribution is -2.38. The first kappa shape index (κ1) is 23.7. The fraction of sp³-hybridized carbons (Fsp3) is 0.455. The molecule has 0 radical (unpaired) electrons. The van der Waals surface area contributed by atoms with Crippen LogP contribution in [-0.2, 0) is 4.57 Å². The van der Waals surface area contributed by atoms with Gasteiger partial charge in [0.25, 0.3) is 5.69 Å². The van der Waals surface area contributed by atoms with E-state index in [1.54, 1.807) is 23.9 Å². The van der Waals surface area contributed by atoms with Crippen molar-refractivity contribution in [3.63, 3.8) is 0 Å². The van der Waals surface area contributed by atoms with Crippen molar-refractivity contribution in [1.82, 2.24) is 4.90 Å². The van der Waals surface area contributed by atoms with Crippen molar-refractivity contribution in [2.75, 3.05) is 37.3 Å². The first-order chi connectivity index (χ1) is 15.1. The Hall–Kier alpha value is -1.99. The molecule has 0 aromatic heterocycles. The highest BCUT2D eigenvalue weighted by atomic mass is 32.2. The molecule has 0 bridgehead atoms. The van der Waals surface area contributed by atoms with Crippen LogP contribution in [0, 0.1) is 16.0 Å². The predicted octanol–water partition coefficient (Wildman–Crippen LogP) is 4.18. The van der Waals surface area contributed by atoms with Gasteiger partial charge in [-0.2, -0.15) is 0 Å². The fourth-order valence-electron chi connectivity index (χ4n) is 3.71. The van der Waals surface area contributed by atoms with Gasteiger partial charge in [-0.05, 0) is 62.5 Å². The zero-order valence-electron chi connectivity index (χ0n) is 17.4. The lowest BCUT2D eigenvalue weighted by atomic mass is 9.97. The Morgan fingerprint density at radius 2 is 1.97 bits per heavy atom. The number of piperidine rings is 1. The predicted molar refractivity (Wildman–Crippen MR) is 126 cm³/mol. The first-order valence-electron chi connectivity index (χ1n) is 10.5. The summed E-state index contributed by atoms with van der Waals surface area (Å²) in [5, 5.41) is 24.6. The molecule has 2 aromatic rings. The van der Waals surface area contributed by atoms with E-state index in [0.717, 1.165) is 49.5 Å². The van der Waals surface area contributed by atoms with Crippen molar-refractivity contribution in [2.24, 2.45) is 5.92 Å². The van der Waals surface area contributed by atoms with E-state index in [-0.39, 0.29) is 26.8 Å². The van der Waals surface area contributed by atoms with Gasteiger partial charge in [-0.15, -0.1) is 11.8 Å². The van der Waals surface area contributed by atoms with Crippen molar-refractivity contribution in [3.05, 3.63) is 58.6 Å². The van der Waals surface area contributed by atoms with Crippen molar-refractivity contribution in [1.29, 1.82) is 0 Å². The maximum absolute atomic E-state index is 11.5. The SMILES string of the molecule is O=Pc1ccc(N[C@H](CCN2CCC(CO)CC2)CSc2ccccc2)c([N+](=O)[O-])c1. The number of nitrogens with one attached hydrogen (secondary N) is 1. The van der Waals surface area contributed by atoms with Gasteiger partial charge in [-0.1, -0.05) is 18.2 Å². The van der Waals surface area contributed by atoms with Crippen LogP contribution in [0.5, 0.6) is 0 Å². The van der Waals surface area contributed by atoms with Crippen molar-refractivity contribution >= 4 is 36.9 Å². The van der Waals surface area contributed by atoms with Gasteiger partial charge >= 0.3 is 0 Å². The Morgan fingerprint density at radius 3 is 2.61 bits per heavy atom. The molecule has 7 nitrogen and oxygen atoms in total. The number of hydrogen-bond donors (Lipinski definition) is 2. The summed E-state index contributed by atoms with van der Waals surface area (Å²) < 4.78 is 11.1. The molecule has 0 amide bonds. The minimum Gasteiger partial charge on any atom is -0.396 e. The second-order valence-electron chi connectivity index (χ2n) is 7.77. The Bertz CT molecular complexity index is 863. The molecule has 1 aliphatic rings. The number of rotatable bonds is 11. The molecule has 9 heteroatoms. The Kier molecular flexibility index (Phi) is 9.28. The Balaban J connectivity index is 1.68. The quantitative estimate of drug-likeness (QED) is 0.224. The summed E-state index contributed by atoms with van der Waals surface area (Å²) in [7, 11) is -0.231. The lowest BCUT2D eigenvalue weighted by Gasteiger charge is -2.32. The van der Waals surface area contributed by atoms with Crippen LogP contribution in [-0.4, -0.2) is 53.0 Å². The van der Waals surface area contributed by atoms with Crippen LogP contribution in [0.3, 0.4) is 0 Å². The third kappa shape index (κ3) is 7.28. The van der Waals surface area contributed by atoms with Gasteiger partial charge in [0.1, 0.15) is 5.69 Å². The third-order valence-electron chi connectivity index (χ3n) is 5.60. The van der Waals surface area contributed by atoms with E-state index in [2.05, 4.69) is 22.3 Å². The van der Waals surface area contributed by atoms with E-state index >= 15 is 0 Å². The molecule has 0 spiro atoms. The maximum Gasteiger partial charge on any atom is 0.293 e. The smallest absolute Gasteiger partial charge is 0.293 e. The van der Waals surface area contributed by atoms with E-state index in [1.165, 1.54) is 6.07 Å². The average molecular weight is 462 g/mol. The molecule has 1 saturated heterocycles. The number of nitro groups is 1. The standard InChI is InChI=1S/C22H28N3O4PS/c26-15-17-8-11-24(12-9-17)13-10-18(16-31-20-4-2-1-3-5-20)23-21-7-6-19(30-29)14-22(21)25(27)28/h1-7,14,17-18,23,26H,8-13,15-16H2/t18-/m1/s1. The van der Waals surface area contributed by atoms with Gasteiger partial charge in [0.2, 0.25) is 0 Å². The number of anilines is 1. The summed E-state index contributed by atoms with van der Waals surface area (Å²) in [5.74, 6) is 1.18. The lowest BCUT2D eigenvalue weighted by molar-refractivity contribution is -0.383. The number of nitrogens with zero attached hydrogens (tertiary/aromatic N) is 2. The van der Waals surface area contributed by atoms with Crippen LogP contribution in [0.15, 0.2) is 53.4 Å². The summed E-state index contributed by atoms with van der Waals surface area (Å²) >= 11 is 1.73. The molecule has 2 aromatic carbocycles. The highest BCUT2D eigenvalue weighted by molar-refractivity contribution is 7.99. The molecule has 1 heterocycles. The highest BCUT2D eigenvalue weighted by Crippen LogP contribution is 2.27. The number of aliphatic hydroxyl groups excluding tert-OH is 1. The third-order valence-corrected chi connectivity index (χ3v) is 7.26. The molecule has 2 N–H and O–H groups in total. The molecule has 1 aliphatic heterocycles. The highest BCUT2D eigenvalue weighted by Gasteiger charge is 2.22. The maximum atomic E-state index is 11.5. The Labute approximate surface area is 188 Å². The number of thioether (sulfide) groups is 1. The molecular formula is C22H28N3O4PS. The van der Waals surface area contributed by atoms with E-state index in [9.17, 15) is 19.8 Å². The number of aliphatic hydroxyl groups is 1. The number of likely N-dealkylation sites (tertiary alicyclic amines) is 1. The van der Waals surface area contributed by atoms with Gasteiger partial charge < -0.3 is 15.3 Å². The monoisotopic (exact) mass is 461 g/mol. The summed E-state index contributed by atoms with van der Waals surface area (Å²) in [6.45, 7) is 3.10. The van der Waals surface area contributed by atoms with Gasteiger partial charge in [-0.3, -0.25) is 14.7 Å². The fourth-order valence-corrected chi connectivity index (χ4v) is 5.02. The molecule has 0 unspecified atom stereocenters. The minimum absolute atomic E-state index is 0.0372. The van der Waals surface area contributed by atoms with E-state index < -0.39 is 4.92 Å². The number of benzene rings is 2. The van der Waals surface area contributed by atoms with Gasteiger partial charge in [0.05, 0.1) is 4.92 Å². The summed E-state index contributed by atoms with van der Waals surface area (Å²) in [4.78, 5) is 14.7. The van der Waals surface area contributed by atoms with Crippen molar-refractivity contribution < 1.29 is 14.6 Å².